The van der Waals surface area contributed by atoms with E-state index in [-0.39, 0.29) is 17.7 Å². The Morgan fingerprint density at radius 2 is 1.92 bits per heavy atom. The Morgan fingerprint density at radius 1 is 1.21 bits per heavy atom. The molecular formula is C16H20N4O4. The van der Waals surface area contributed by atoms with Gasteiger partial charge in [0.15, 0.2) is 0 Å². The number of benzene rings is 1. The summed E-state index contributed by atoms with van der Waals surface area (Å²) in [4.78, 5) is 27.3. The zero-order valence-corrected chi connectivity index (χ0v) is 14.0. The topological polar surface area (TPSA) is 106 Å². The SMILES string of the molecule is COc1ccccc1-c1noc([C@@H](C)NC(=O)[C@@H](C)NC(C)=O)n1. The van der Waals surface area contributed by atoms with Gasteiger partial charge in [0.2, 0.25) is 23.5 Å². The first kappa shape index (κ1) is 17.5. The molecule has 0 saturated heterocycles. The van der Waals surface area contributed by atoms with Crippen molar-refractivity contribution in [2.45, 2.75) is 32.9 Å². The number of carbonyl (C=O) groups is 2. The molecule has 0 unspecified atom stereocenters. The highest BCUT2D eigenvalue weighted by Crippen LogP contribution is 2.27. The standard InChI is InChI=1S/C16H20N4O4/c1-9(17-11(3)21)15(22)18-10(2)16-19-14(20-24-16)12-7-5-6-8-13(12)23-4/h5-10H,1-4H3,(H,17,21)(H,18,22)/t9-,10-/m1/s1. The predicted octanol–water partition coefficient (Wildman–Crippen LogP) is 1.45. The van der Waals surface area contributed by atoms with Crippen LogP contribution in [-0.4, -0.2) is 35.1 Å². The van der Waals surface area contributed by atoms with E-state index in [0.29, 0.717) is 17.1 Å². The van der Waals surface area contributed by atoms with Gasteiger partial charge in [-0.3, -0.25) is 9.59 Å². The number of amides is 2. The van der Waals surface area contributed by atoms with Gasteiger partial charge in [-0.05, 0) is 26.0 Å². The van der Waals surface area contributed by atoms with Gasteiger partial charge in [0, 0.05) is 6.92 Å². The van der Waals surface area contributed by atoms with Crippen molar-refractivity contribution >= 4 is 11.8 Å². The lowest BCUT2D eigenvalue weighted by molar-refractivity contribution is -0.128. The molecule has 2 atom stereocenters. The normalized spacial score (nSPS) is 13.0. The Hall–Kier alpha value is -2.90. The summed E-state index contributed by atoms with van der Waals surface area (Å²) in [5.74, 6) is 0.648. The van der Waals surface area contributed by atoms with Crippen molar-refractivity contribution in [2.24, 2.45) is 0 Å². The van der Waals surface area contributed by atoms with Crippen molar-refractivity contribution in [1.82, 2.24) is 20.8 Å². The van der Waals surface area contributed by atoms with Crippen LogP contribution in [0.1, 0.15) is 32.7 Å². The number of hydrogen-bond acceptors (Lipinski definition) is 6. The molecule has 0 radical (unpaired) electrons. The molecule has 8 heteroatoms. The zero-order chi connectivity index (χ0) is 17.7. The minimum atomic E-state index is -0.651. The number of para-hydroxylation sites is 1. The monoisotopic (exact) mass is 332 g/mol. The second-order valence-electron chi connectivity index (χ2n) is 5.31. The summed E-state index contributed by atoms with van der Waals surface area (Å²) >= 11 is 0. The third kappa shape index (κ3) is 4.09. The van der Waals surface area contributed by atoms with Gasteiger partial charge in [0.1, 0.15) is 17.8 Å². The van der Waals surface area contributed by atoms with Crippen molar-refractivity contribution in [3.63, 3.8) is 0 Å². The Balaban J connectivity index is 2.10. The van der Waals surface area contributed by atoms with Crippen molar-refractivity contribution in [2.75, 3.05) is 7.11 Å². The van der Waals surface area contributed by atoms with Gasteiger partial charge in [0.05, 0.1) is 12.7 Å². The first-order valence-corrected chi connectivity index (χ1v) is 7.46. The van der Waals surface area contributed by atoms with Crippen molar-refractivity contribution in [3.05, 3.63) is 30.2 Å². The molecule has 2 amide bonds. The fourth-order valence-corrected chi connectivity index (χ4v) is 2.12. The quantitative estimate of drug-likeness (QED) is 0.829. The van der Waals surface area contributed by atoms with Crippen molar-refractivity contribution in [1.29, 1.82) is 0 Å². The molecule has 1 heterocycles. The number of methoxy groups -OCH3 is 1. The lowest BCUT2D eigenvalue weighted by atomic mass is 10.2. The Morgan fingerprint density at radius 3 is 2.58 bits per heavy atom. The van der Waals surface area contributed by atoms with E-state index in [2.05, 4.69) is 20.8 Å². The van der Waals surface area contributed by atoms with E-state index in [1.54, 1.807) is 27.0 Å². The first-order valence-electron chi connectivity index (χ1n) is 7.46. The Labute approximate surface area is 139 Å². The van der Waals surface area contributed by atoms with Crippen LogP contribution in [0.5, 0.6) is 5.75 Å². The number of nitrogens with one attached hydrogen (secondary N) is 2. The highest BCUT2D eigenvalue weighted by atomic mass is 16.5. The maximum Gasteiger partial charge on any atom is 0.249 e. The van der Waals surface area contributed by atoms with Crippen LogP contribution < -0.4 is 15.4 Å². The molecule has 8 nitrogen and oxygen atoms in total. The molecule has 0 fully saturated rings. The molecule has 0 spiro atoms. The van der Waals surface area contributed by atoms with Crippen LogP contribution in [0, 0.1) is 0 Å². The molecule has 24 heavy (non-hydrogen) atoms. The second kappa shape index (κ2) is 7.58. The van der Waals surface area contributed by atoms with Gasteiger partial charge in [-0.1, -0.05) is 17.3 Å². The summed E-state index contributed by atoms with van der Waals surface area (Å²) < 4.78 is 10.5. The van der Waals surface area contributed by atoms with E-state index >= 15 is 0 Å². The van der Waals surface area contributed by atoms with Gasteiger partial charge >= 0.3 is 0 Å². The minimum absolute atomic E-state index is 0.263. The lowest BCUT2D eigenvalue weighted by Gasteiger charge is -2.15. The third-order valence-electron chi connectivity index (χ3n) is 3.33. The van der Waals surface area contributed by atoms with Crippen molar-refractivity contribution in [3.8, 4) is 17.1 Å². The van der Waals surface area contributed by atoms with Gasteiger partial charge < -0.3 is 19.9 Å². The van der Waals surface area contributed by atoms with Crippen LogP contribution >= 0.6 is 0 Å². The molecule has 1 aromatic carbocycles. The summed E-state index contributed by atoms with van der Waals surface area (Å²) in [6.07, 6.45) is 0. The van der Waals surface area contributed by atoms with Crippen LogP contribution in [0.2, 0.25) is 0 Å². The molecule has 0 bridgehead atoms. The average molecular weight is 332 g/mol. The van der Waals surface area contributed by atoms with Gasteiger partial charge in [-0.15, -0.1) is 0 Å². The number of carbonyl (C=O) groups excluding carboxylic acids is 2. The zero-order valence-electron chi connectivity index (χ0n) is 14.0. The van der Waals surface area contributed by atoms with Crippen molar-refractivity contribution < 1.29 is 18.8 Å². The van der Waals surface area contributed by atoms with E-state index in [1.165, 1.54) is 6.92 Å². The first-order chi connectivity index (χ1) is 11.4. The Bertz CT molecular complexity index is 728. The van der Waals surface area contributed by atoms with E-state index in [9.17, 15) is 9.59 Å². The summed E-state index contributed by atoms with van der Waals surface area (Å²) in [6, 6.07) is 6.15. The molecule has 0 saturated carbocycles. The third-order valence-corrected chi connectivity index (χ3v) is 3.33. The number of ether oxygens (including phenoxy) is 1. The molecule has 0 aliphatic carbocycles. The molecule has 0 aliphatic rings. The molecule has 0 aliphatic heterocycles. The maximum atomic E-state index is 12.0. The fourth-order valence-electron chi connectivity index (χ4n) is 2.12. The lowest BCUT2D eigenvalue weighted by Crippen LogP contribution is -2.44. The minimum Gasteiger partial charge on any atom is -0.496 e. The smallest absolute Gasteiger partial charge is 0.249 e. The second-order valence-corrected chi connectivity index (χ2v) is 5.31. The number of rotatable bonds is 6. The molecular weight excluding hydrogens is 312 g/mol. The molecule has 2 N–H and O–H groups in total. The molecule has 2 aromatic rings. The van der Waals surface area contributed by atoms with Crippen LogP contribution in [0.3, 0.4) is 0 Å². The highest BCUT2D eigenvalue weighted by molar-refractivity contribution is 5.86. The van der Waals surface area contributed by atoms with Gasteiger partial charge in [-0.2, -0.15) is 4.98 Å². The Kier molecular flexibility index (Phi) is 5.51. The van der Waals surface area contributed by atoms with E-state index in [4.69, 9.17) is 9.26 Å². The van der Waals surface area contributed by atoms with E-state index in [0.717, 1.165) is 0 Å². The fraction of sp³-hybridized carbons (Fsp3) is 0.375. The highest BCUT2D eigenvalue weighted by Gasteiger charge is 2.21. The summed E-state index contributed by atoms with van der Waals surface area (Å²) in [7, 11) is 1.56. The van der Waals surface area contributed by atoms with E-state index < -0.39 is 12.1 Å². The molecule has 2 rings (SSSR count). The summed E-state index contributed by atoms with van der Waals surface area (Å²) in [5, 5.41) is 9.15. The molecule has 128 valence electrons. The van der Waals surface area contributed by atoms with Crippen LogP contribution in [0.15, 0.2) is 28.8 Å². The summed E-state index contributed by atoms with van der Waals surface area (Å²) in [6.45, 7) is 4.67. The van der Waals surface area contributed by atoms with Crippen LogP contribution in [0.25, 0.3) is 11.4 Å². The maximum absolute atomic E-state index is 12.0. The van der Waals surface area contributed by atoms with Gasteiger partial charge in [-0.25, -0.2) is 0 Å². The number of nitrogens with zero attached hydrogens (tertiary/aromatic N) is 2. The van der Waals surface area contributed by atoms with Crippen LogP contribution in [-0.2, 0) is 9.59 Å². The van der Waals surface area contributed by atoms with Crippen LogP contribution in [0.4, 0.5) is 0 Å². The van der Waals surface area contributed by atoms with Gasteiger partial charge in [0.25, 0.3) is 0 Å². The van der Waals surface area contributed by atoms with E-state index in [1.807, 2.05) is 18.2 Å². The molecule has 1 aromatic heterocycles. The number of aromatic nitrogens is 2. The summed E-state index contributed by atoms with van der Waals surface area (Å²) in [5.41, 5.74) is 0.695. The predicted molar refractivity (Wildman–Crippen MR) is 86.1 cm³/mol. The average Bonchev–Trinajstić information content (AvgIpc) is 3.04. The number of hydrogen-bond donors (Lipinski definition) is 2. The largest absolute Gasteiger partial charge is 0.496 e.